The predicted octanol–water partition coefficient (Wildman–Crippen LogP) is 3.52. The molecule has 0 aliphatic heterocycles. The Bertz CT molecular complexity index is 272. The van der Waals surface area contributed by atoms with Crippen LogP contribution in [0.2, 0.25) is 0 Å². The molecule has 0 aromatic heterocycles. The lowest BCUT2D eigenvalue weighted by atomic mass is 9.82. The van der Waals surface area contributed by atoms with E-state index in [1.54, 1.807) is 0 Å². The highest BCUT2D eigenvalue weighted by molar-refractivity contribution is 4.98. The molecule has 0 aromatic carbocycles. The van der Waals surface area contributed by atoms with Gasteiger partial charge in [0.15, 0.2) is 0 Å². The van der Waals surface area contributed by atoms with Gasteiger partial charge >= 0.3 is 0 Å². The van der Waals surface area contributed by atoms with Crippen molar-refractivity contribution >= 4 is 0 Å². The van der Waals surface area contributed by atoms with Crippen LogP contribution in [0.1, 0.15) is 65.7 Å². The van der Waals surface area contributed by atoms with Gasteiger partial charge in [0, 0.05) is 12.6 Å². The van der Waals surface area contributed by atoms with Gasteiger partial charge < -0.3 is 14.8 Å². The Morgan fingerprint density at radius 1 is 1.05 bits per heavy atom. The Labute approximate surface area is 124 Å². The molecule has 0 amide bonds. The quantitative estimate of drug-likeness (QED) is 0.739. The zero-order chi connectivity index (χ0) is 14.4. The van der Waals surface area contributed by atoms with Crippen LogP contribution in [-0.2, 0) is 9.47 Å². The monoisotopic (exact) mass is 283 g/mol. The van der Waals surface area contributed by atoms with Crippen molar-refractivity contribution in [2.45, 2.75) is 90.1 Å². The van der Waals surface area contributed by atoms with E-state index in [0.717, 1.165) is 25.5 Å². The highest BCUT2D eigenvalue weighted by Crippen LogP contribution is 2.35. The molecule has 118 valence electrons. The molecule has 0 heterocycles. The maximum Gasteiger partial charge on any atom is 0.0990 e. The fourth-order valence-electron chi connectivity index (χ4n) is 3.70. The second kappa shape index (κ2) is 8.35. The summed E-state index contributed by atoms with van der Waals surface area (Å²) in [6.45, 7) is 8.47. The van der Waals surface area contributed by atoms with Crippen molar-refractivity contribution in [1.29, 1.82) is 0 Å². The summed E-state index contributed by atoms with van der Waals surface area (Å²) in [6.07, 6.45) is 9.96. The lowest BCUT2D eigenvalue weighted by molar-refractivity contribution is -0.180. The molecule has 2 rings (SSSR count). The average Bonchev–Trinajstić information content (AvgIpc) is 2.48. The summed E-state index contributed by atoms with van der Waals surface area (Å²) in [6, 6.07) is 0.503. The summed E-state index contributed by atoms with van der Waals surface area (Å²) in [7, 11) is 0. The van der Waals surface area contributed by atoms with Crippen LogP contribution in [0.3, 0.4) is 0 Å². The Kier molecular flexibility index (Phi) is 6.79. The summed E-state index contributed by atoms with van der Waals surface area (Å²) in [5.74, 6) is 0.772. The van der Waals surface area contributed by atoms with Gasteiger partial charge in [-0.3, -0.25) is 0 Å². The molecule has 2 aliphatic rings. The number of ether oxygens (including phenoxy) is 2. The van der Waals surface area contributed by atoms with E-state index in [-0.39, 0.29) is 6.10 Å². The highest BCUT2D eigenvalue weighted by Gasteiger charge is 2.44. The SMILES string of the molecule is CCCNC1CC(OC2CCCCC2CC)C1OCC. The van der Waals surface area contributed by atoms with E-state index in [0.29, 0.717) is 18.2 Å². The minimum Gasteiger partial charge on any atom is -0.374 e. The first-order chi connectivity index (χ1) is 9.80. The molecule has 3 heteroatoms. The van der Waals surface area contributed by atoms with E-state index >= 15 is 0 Å². The highest BCUT2D eigenvalue weighted by atomic mass is 16.6. The van der Waals surface area contributed by atoms with E-state index in [2.05, 4.69) is 26.1 Å². The van der Waals surface area contributed by atoms with Crippen molar-refractivity contribution in [3.63, 3.8) is 0 Å². The molecule has 5 unspecified atom stereocenters. The molecule has 1 N–H and O–H groups in total. The first kappa shape index (κ1) is 16.3. The molecule has 0 aromatic rings. The third kappa shape index (κ3) is 3.96. The minimum atomic E-state index is 0.269. The van der Waals surface area contributed by atoms with Crippen LogP contribution < -0.4 is 5.32 Å². The number of nitrogens with one attached hydrogen (secondary N) is 1. The van der Waals surface area contributed by atoms with Crippen molar-refractivity contribution < 1.29 is 9.47 Å². The Morgan fingerprint density at radius 2 is 1.85 bits per heavy atom. The standard InChI is InChI=1S/C17H33NO2/c1-4-11-18-14-12-16(17(14)19-6-3)20-15-10-8-7-9-13(15)5-2/h13-18H,4-12H2,1-3H3. The molecule has 20 heavy (non-hydrogen) atoms. The predicted molar refractivity (Wildman–Crippen MR) is 83.0 cm³/mol. The normalized spacial score (nSPS) is 37.6. The summed E-state index contributed by atoms with van der Waals surface area (Å²) in [4.78, 5) is 0. The van der Waals surface area contributed by atoms with Crippen LogP contribution in [0.15, 0.2) is 0 Å². The summed E-state index contributed by atoms with van der Waals surface area (Å²) < 4.78 is 12.4. The van der Waals surface area contributed by atoms with Crippen molar-refractivity contribution in [1.82, 2.24) is 5.32 Å². The van der Waals surface area contributed by atoms with Gasteiger partial charge in [0.2, 0.25) is 0 Å². The molecule has 0 spiro atoms. The van der Waals surface area contributed by atoms with Gasteiger partial charge in [-0.25, -0.2) is 0 Å². The molecular formula is C17H33NO2. The second-order valence-electron chi connectivity index (χ2n) is 6.38. The third-order valence-electron chi connectivity index (χ3n) is 4.98. The van der Waals surface area contributed by atoms with E-state index in [1.165, 1.54) is 38.5 Å². The number of hydrogen-bond donors (Lipinski definition) is 1. The van der Waals surface area contributed by atoms with Gasteiger partial charge in [-0.2, -0.15) is 0 Å². The van der Waals surface area contributed by atoms with Crippen LogP contribution in [0.4, 0.5) is 0 Å². The van der Waals surface area contributed by atoms with Gasteiger partial charge in [0.1, 0.15) is 0 Å². The fraction of sp³-hybridized carbons (Fsp3) is 1.00. The molecule has 5 atom stereocenters. The molecule has 2 aliphatic carbocycles. The number of rotatable bonds is 8. The van der Waals surface area contributed by atoms with E-state index in [9.17, 15) is 0 Å². The lowest BCUT2D eigenvalue weighted by Gasteiger charge is -2.47. The Morgan fingerprint density at radius 3 is 2.55 bits per heavy atom. The molecule has 0 radical (unpaired) electrons. The van der Waals surface area contributed by atoms with E-state index < -0.39 is 0 Å². The molecule has 0 bridgehead atoms. The van der Waals surface area contributed by atoms with Crippen LogP contribution in [0, 0.1) is 5.92 Å². The Hall–Kier alpha value is -0.120. The van der Waals surface area contributed by atoms with Gasteiger partial charge in [0.05, 0.1) is 18.3 Å². The first-order valence-corrected chi connectivity index (χ1v) is 8.80. The topological polar surface area (TPSA) is 30.5 Å². The van der Waals surface area contributed by atoms with Gasteiger partial charge in [-0.05, 0) is 45.1 Å². The fourth-order valence-corrected chi connectivity index (χ4v) is 3.70. The first-order valence-electron chi connectivity index (χ1n) is 8.80. The van der Waals surface area contributed by atoms with Crippen molar-refractivity contribution in [3.8, 4) is 0 Å². The minimum absolute atomic E-state index is 0.269. The summed E-state index contributed by atoms with van der Waals surface area (Å²) in [5, 5.41) is 3.59. The van der Waals surface area contributed by atoms with Gasteiger partial charge in [0.25, 0.3) is 0 Å². The van der Waals surface area contributed by atoms with Gasteiger partial charge in [-0.15, -0.1) is 0 Å². The molecule has 2 fully saturated rings. The van der Waals surface area contributed by atoms with E-state index in [1.807, 2.05) is 0 Å². The van der Waals surface area contributed by atoms with Crippen LogP contribution in [0.5, 0.6) is 0 Å². The summed E-state index contributed by atoms with van der Waals surface area (Å²) >= 11 is 0. The van der Waals surface area contributed by atoms with Crippen molar-refractivity contribution in [2.24, 2.45) is 5.92 Å². The van der Waals surface area contributed by atoms with E-state index in [4.69, 9.17) is 9.47 Å². The summed E-state index contributed by atoms with van der Waals surface area (Å²) in [5.41, 5.74) is 0. The van der Waals surface area contributed by atoms with Crippen LogP contribution >= 0.6 is 0 Å². The largest absolute Gasteiger partial charge is 0.374 e. The second-order valence-corrected chi connectivity index (χ2v) is 6.38. The zero-order valence-corrected chi connectivity index (χ0v) is 13.6. The maximum atomic E-state index is 6.44. The smallest absolute Gasteiger partial charge is 0.0990 e. The molecular weight excluding hydrogens is 250 g/mol. The maximum absolute atomic E-state index is 6.44. The van der Waals surface area contributed by atoms with Crippen LogP contribution in [-0.4, -0.2) is 37.5 Å². The third-order valence-corrected chi connectivity index (χ3v) is 4.98. The lowest BCUT2D eigenvalue weighted by Crippen LogP contribution is -2.61. The zero-order valence-electron chi connectivity index (χ0n) is 13.6. The van der Waals surface area contributed by atoms with Crippen molar-refractivity contribution in [3.05, 3.63) is 0 Å². The van der Waals surface area contributed by atoms with Crippen molar-refractivity contribution in [2.75, 3.05) is 13.2 Å². The Balaban J connectivity index is 1.82. The molecule has 0 saturated heterocycles. The van der Waals surface area contributed by atoms with Gasteiger partial charge in [-0.1, -0.05) is 33.1 Å². The van der Waals surface area contributed by atoms with Crippen LogP contribution in [0.25, 0.3) is 0 Å². The molecule has 2 saturated carbocycles. The number of hydrogen-bond acceptors (Lipinski definition) is 3. The average molecular weight is 283 g/mol. The molecule has 3 nitrogen and oxygen atoms in total.